The molecule has 1 saturated heterocycles. The Morgan fingerprint density at radius 3 is 2.70 bits per heavy atom. The number of aryl methyl sites for hydroxylation is 1. The van der Waals surface area contributed by atoms with E-state index in [0.29, 0.717) is 5.02 Å². The Kier molecular flexibility index (Phi) is 6.91. The molecule has 1 atom stereocenters. The number of nitrogens with one attached hydrogen (secondary N) is 1. The number of unbranched alkanes of at least 4 members (excludes halogenated alkanes) is 1. The standard InChI is InChI=1S/C21H27ClN4S/c1-3-4-6-17-8-10-18(11-9-17)24-21(27)26-14-13-25(15-16(26)2)20-19(22)7-5-12-23-20/h5,7-12,16H,3-4,6,13-15H2,1-2H3,(H,24,27). The number of piperazine rings is 1. The van der Waals surface area contributed by atoms with E-state index in [1.54, 1.807) is 6.20 Å². The molecular weight excluding hydrogens is 376 g/mol. The van der Waals surface area contributed by atoms with Gasteiger partial charge < -0.3 is 15.1 Å². The molecule has 0 saturated carbocycles. The first-order chi connectivity index (χ1) is 13.1. The van der Waals surface area contributed by atoms with Crippen LogP contribution < -0.4 is 10.2 Å². The van der Waals surface area contributed by atoms with Crippen molar-refractivity contribution >= 4 is 40.4 Å². The van der Waals surface area contributed by atoms with Crippen LogP contribution in [0.2, 0.25) is 5.02 Å². The van der Waals surface area contributed by atoms with Gasteiger partial charge in [-0.15, -0.1) is 0 Å². The van der Waals surface area contributed by atoms with Crippen LogP contribution in [0.3, 0.4) is 0 Å². The summed E-state index contributed by atoms with van der Waals surface area (Å²) < 4.78 is 0. The van der Waals surface area contributed by atoms with Gasteiger partial charge in [0.05, 0.1) is 5.02 Å². The van der Waals surface area contributed by atoms with Gasteiger partial charge in [0.1, 0.15) is 5.82 Å². The van der Waals surface area contributed by atoms with Gasteiger partial charge in [0.15, 0.2) is 5.11 Å². The number of hydrogen-bond donors (Lipinski definition) is 1. The number of anilines is 2. The maximum absolute atomic E-state index is 6.30. The highest BCUT2D eigenvalue weighted by atomic mass is 35.5. The van der Waals surface area contributed by atoms with Crippen molar-refractivity contribution in [2.75, 3.05) is 29.9 Å². The van der Waals surface area contributed by atoms with E-state index < -0.39 is 0 Å². The van der Waals surface area contributed by atoms with Gasteiger partial charge in [-0.25, -0.2) is 4.98 Å². The number of nitrogens with zero attached hydrogens (tertiary/aromatic N) is 3. The predicted octanol–water partition coefficient (Wildman–Crippen LogP) is 4.99. The Labute approximate surface area is 172 Å². The molecule has 1 unspecified atom stereocenters. The minimum Gasteiger partial charge on any atom is -0.352 e. The van der Waals surface area contributed by atoms with Crippen LogP contribution in [0, 0.1) is 0 Å². The molecule has 0 amide bonds. The van der Waals surface area contributed by atoms with Crippen LogP contribution in [0.1, 0.15) is 32.3 Å². The normalized spacial score (nSPS) is 17.1. The van der Waals surface area contributed by atoms with Crippen molar-refractivity contribution in [2.45, 2.75) is 39.2 Å². The van der Waals surface area contributed by atoms with Gasteiger partial charge in [-0.05, 0) is 61.8 Å². The van der Waals surface area contributed by atoms with Crippen LogP contribution in [0.5, 0.6) is 0 Å². The zero-order chi connectivity index (χ0) is 19.2. The molecule has 27 heavy (non-hydrogen) atoms. The Morgan fingerprint density at radius 1 is 1.26 bits per heavy atom. The summed E-state index contributed by atoms with van der Waals surface area (Å²) in [6.07, 6.45) is 5.37. The third-order valence-electron chi connectivity index (χ3n) is 4.95. The van der Waals surface area contributed by atoms with E-state index in [9.17, 15) is 0 Å². The Morgan fingerprint density at radius 2 is 2.04 bits per heavy atom. The zero-order valence-corrected chi connectivity index (χ0v) is 17.6. The topological polar surface area (TPSA) is 31.4 Å². The molecule has 0 aliphatic carbocycles. The van der Waals surface area contributed by atoms with Crippen LogP contribution in [0.25, 0.3) is 0 Å². The second-order valence-corrected chi connectivity index (χ2v) is 7.82. The molecule has 0 bridgehead atoms. The largest absolute Gasteiger partial charge is 0.352 e. The fraction of sp³-hybridized carbons (Fsp3) is 0.429. The monoisotopic (exact) mass is 402 g/mol. The lowest BCUT2D eigenvalue weighted by atomic mass is 10.1. The maximum atomic E-state index is 6.30. The van der Waals surface area contributed by atoms with Crippen LogP contribution in [0.15, 0.2) is 42.6 Å². The molecule has 2 heterocycles. The highest BCUT2D eigenvalue weighted by Gasteiger charge is 2.27. The molecule has 3 rings (SSSR count). The van der Waals surface area contributed by atoms with Gasteiger partial charge in [0, 0.05) is 37.6 Å². The van der Waals surface area contributed by atoms with Crippen molar-refractivity contribution in [3.05, 3.63) is 53.2 Å². The van der Waals surface area contributed by atoms with Gasteiger partial charge in [-0.1, -0.05) is 37.1 Å². The molecule has 1 aromatic heterocycles. The van der Waals surface area contributed by atoms with E-state index in [1.165, 1.54) is 18.4 Å². The van der Waals surface area contributed by atoms with Crippen LogP contribution in [0.4, 0.5) is 11.5 Å². The van der Waals surface area contributed by atoms with Crippen molar-refractivity contribution in [2.24, 2.45) is 0 Å². The molecule has 4 nitrogen and oxygen atoms in total. The quantitative estimate of drug-likeness (QED) is 0.712. The summed E-state index contributed by atoms with van der Waals surface area (Å²) in [5, 5.41) is 4.86. The van der Waals surface area contributed by atoms with Crippen LogP contribution in [-0.4, -0.2) is 40.7 Å². The Bertz CT molecular complexity index is 765. The number of hydrogen-bond acceptors (Lipinski definition) is 3. The molecule has 1 N–H and O–H groups in total. The third kappa shape index (κ3) is 5.11. The van der Waals surface area contributed by atoms with Gasteiger partial charge in [0.25, 0.3) is 0 Å². The third-order valence-corrected chi connectivity index (χ3v) is 5.58. The summed E-state index contributed by atoms with van der Waals surface area (Å²) in [5.41, 5.74) is 2.42. The lowest BCUT2D eigenvalue weighted by Gasteiger charge is -2.41. The highest BCUT2D eigenvalue weighted by Crippen LogP contribution is 2.25. The fourth-order valence-electron chi connectivity index (χ4n) is 3.39. The van der Waals surface area contributed by atoms with Gasteiger partial charge in [-0.3, -0.25) is 0 Å². The summed E-state index contributed by atoms with van der Waals surface area (Å²) >= 11 is 12.0. The number of rotatable bonds is 5. The molecule has 144 valence electrons. The van der Waals surface area contributed by atoms with Crippen molar-refractivity contribution in [3.63, 3.8) is 0 Å². The predicted molar refractivity (Wildman–Crippen MR) is 119 cm³/mol. The van der Waals surface area contributed by atoms with Crippen molar-refractivity contribution in [1.82, 2.24) is 9.88 Å². The lowest BCUT2D eigenvalue weighted by Crippen LogP contribution is -2.55. The van der Waals surface area contributed by atoms with Gasteiger partial charge >= 0.3 is 0 Å². The van der Waals surface area contributed by atoms with Crippen LogP contribution >= 0.6 is 23.8 Å². The zero-order valence-electron chi connectivity index (χ0n) is 16.0. The first kappa shape index (κ1) is 19.9. The first-order valence-electron chi connectivity index (χ1n) is 9.60. The minimum absolute atomic E-state index is 0.278. The molecule has 1 fully saturated rings. The Hall–Kier alpha value is -1.85. The molecule has 0 radical (unpaired) electrons. The summed E-state index contributed by atoms with van der Waals surface area (Å²) in [4.78, 5) is 8.90. The molecular formula is C21H27ClN4S. The molecule has 1 aromatic carbocycles. The van der Waals surface area contributed by atoms with Gasteiger partial charge in [0.2, 0.25) is 0 Å². The fourth-order valence-corrected chi connectivity index (χ4v) is 4.02. The summed E-state index contributed by atoms with van der Waals surface area (Å²) in [5.74, 6) is 0.854. The van der Waals surface area contributed by atoms with Crippen LogP contribution in [-0.2, 0) is 6.42 Å². The second-order valence-electron chi connectivity index (χ2n) is 7.03. The van der Waals surface area contributed by atoms with E-state index >= 15 is 0 Å². The number of thiocarbonyl (C=S) groups is 1. The SMILES string of the molecule is CCCCc1ccc(NC(=S)N2CCN(c3ncccc3Cl)CC2C)cc1. The summed E-state index contributed by atoms with van der Waals surface area (Å²) in [6.45, 7) is 6.93. The average molecular weight is 403 g/mol. The minimum atomic E-state index is 0.278. The molecule has 6 heteroatoms. The number of pyridine rings is 1. The maximum Gasteiger partial charge on any atom is 0.173 e. The van der Waals surface area contributed by atoms with Crippen molar-refractivity contribution in [3.8, 4) is 0 Å². The molecule has 0 spiro atoms. The molecule has 2 aromatic rings. The Balaban J connectivity index is 1.57. The van der Waals surface area contributed by atoms with E-state index in [-0.39, 0.29) is 6.04 Å². The highest BCUT2D eigenvalue weighted by molar-refractivity contribution is 7.80. The van der Waals surface area contributed by atoms with Crippen molar-refractivity contribution in [1.29, 1.82) is 0 Å². The number of aromatic nitrogens is 1. The van der Waals surface area contributed by atoms with E-state index in [4.69, 9.17) is 23.8 Å². The van der Waals surface area contributed by atoms with E-state index in [2.05, 4.69) is 58.2 Å². The van der Waals surface area contributed by atoms with E-state index in [1.807, 2.05) is 12.1 Å². The molecule has 1 aliphatic rings. The number of benzene rings is 1. The smallest absolute Gasteiger partial charge is 0.173 e. The summed E-state index contributed by atoms with van der Waals surface area (Å²) in [6, 6.07) is 12.6. The number of halogens is 1. The average Bonchev–Trinajstić information content (AvgIpc) is 2.67. The summed E-state index contributed by atoms with van der Waals surface area (Å²) in [7, 11) is 0. The van der Waals surface area contributed by atoms with E-state index in [0.717, 1.165) is 42.7 Å². The first-order valence-corrected chi connectivity index (χ1v) is 10.4. The van der Waals surface area contributed by atoms with Gasteiger partial charge in [-0.2, -0.15) is 0 Å². The second kappa shape index (κ2) is 9.38. The molecule has 1 aliphatic heterocycles. The van der Waals surface area contributed by atoms with Crippen molar-refractivity contribution < 1.29 is 0 Å². The lowest BCUT2D eigenvalue weighted by molar-refractivity contribution is 0.301.